The topological polar surface area (TPSA) is 106 Å². The summed E-state index contributed by atoms with van der Waals surface area (Å²) >= 11 is 2.87. The van der Waals surface area contributed by atoms with Crippen molar-refractivity contribution in [3.8, 4) is 17.0 Å². The molecule has 0 radical (unpaired) electrons. The monoisotopic (exact) mass is 477 g/mol. The average molecular weight is 478 g/mol. The van der Waals surface area contributed by atoms with Crippen molar-refractivity contribution in [2.45, 2.75) is 17.8 Å². The summed E-state index contributed by atoms with van der Waals surface area (Å²) in [6.07, 6.45) is 1.45. The van der Waals surface area contributed by atoms with Crippen molar-refractivity contribution < 1.29 is 13.9 Å². The Hall–Kier alpha value is -3.63. The number of furan rings is 1. The van der Waals surface area contributed by atoms with E-state index >= 15 is 0 Å². The average Bonchev–Trinajstić information content (AvgIpc) is 3.56. The number of amides is 1. The number of rotatable bonds is 7. The van der Waals surface area contributed by atoms with E-state index in [4.69, 9.17) is 9.15 Å². The first-order valence-corrected chi connectivity index (χ1v) is 11.8. The standard InChI is InChI=1S/C23H19N5O3S2/c1-13-19(14-7-9-15(30-2)10-8-14)26-23(33-13)27-21(29)20-17(11-32-22-24-12-25-28-22)16-5-3-4-6-18(16)31-20/h3-10,12H,11H2,1-2H3,(H,24,25,28)(H,26,27,29). The van der Waals surface area contributed by atoms with Crippen LogP contribution in [-0.2, 0) is 5.75 Å². The molecule has 0 saturated heterocycles. The van der Waals surface area contributed by atoms with E-state index in [1.807, 2.05) is 55.5 Å². The number of carbonyl (C=O) groups excluding carboxylic acids is 1. The molecule has 8 nitrogen and oxygen atoms in total. The fraction of sp³-hybridized carbons (Fsp3) is 0.130. The van der Waals surface area contributed by atoms with Gasteiger partial charge in [-0.15, -0.1) is 11.3 Å². The van der Waals surface area contributed by atoms with Crippen LogP contribution in [0, 0.1) is 6.92 Å². The SMILES string of the molecule is COc1ccc(-c2nc(NC(=O)c3oc4ccccc4c3CSc3ncn[nH]3)sc2C)cc1. The molecule has 0 aliphatic carbocycles. The largest absolute Gasteiger partial charge is 0.497 e. The summed E-state index contributed by atoms with van der Waals surface area (Å²) in [4.78, 5) is 23.0. The zero-order chi connectivity index (χ0) is 22.8. The molecular formula is C23H19N5O3S2. The lowest BCUT2D eigenvalue weighted by molar-refractivity contribution is 0.0998. The summed E-state index contributed by atoms with van der Waals surface area (Å²) in [6.45, 7) is 1.98. The van der Waals surface area contributed by atoms with Crippen LogP contribution in [-0.4, -0.2) is 33.2 Å². The zero-order valence-electron chi connectivity index (χ0n) is 17.8. The summed E-state index contributed by atoms with van der Waals surface area (Å²) in [5.74, 6) is 1.21. The van der Waals surface area contributed by atoms with Gasteiger partial charge in [0.2, 0.25) is 0 Å². The number of nitrogens with one attached hydrogen (secondary N) is 2. The lowest BCUT2D eigenvalue weighted by Crippen LogP contribution is -2.12. The molecule has 0 aliphatic heterocycles. The van der Waals surface area contributed by atoms with Crippen molar-refractivity contribution in [2.75, 3.05) is 12.4 Å². The number of hydrogen-bond donors (Lipinski definition) is 2. The third-order valence-corrected chi connectivity index (χ3v) is 6.82. The Morgan fingerprint density at radius 1 is 1.21 bits per heavy atom. The minimum absolute atomic E-state index is 0.266. The highest BCUT2D eigenvalue weighted by Crippen LogP contribution is 2.34. The molecule has 0 bridgehead atoms. The summed E-state index contributed by atoms with van der Waals surface area (Å²) < 4.78 is 11.2. The van der Waals surface area contributed by atoms with Gasteiger partial charge in [-0.2, -0.15) is 5.10 Å². The van der Waals surface area contributed by atoms with E-state index in [2.05, 4.69) is 25.5 Å². The Balaban J connectivity index is 1.41. The zero-order valence-corrected chi connectivity index (χ0v) is 19.4. The normalized spacial score (nSPS) is 11.1. The van der Waals surface area contributed by atoms with Crippen LogP contribution in [0.15, 0.2) is 64.4 Å². The second-order valence-electron chi connectivity index (χ2n) is 7.09. The van der Waals surface area contributed by atoms with Gasteiger partial charge in [0.1, 0.15) is 17.7 Å². The molecular weight excluding hydrogens is 458 g/mol. The van der Waals surface area contributed by atoms with Gasteiger partial charge in [0.15, 0.2) is 16.0 Å². The van der Waals surface area contributed by atoms with Crippen LogP contribution in [0.1, 0.15) is 21.0 Å². The first-order chi connectivity index (χ1) is 16.1. The molecule has 3 aromatic heterocycles. The third-order valence-electron chi connectivity index (χ3n) is 5.03. The Labute approximate surface area is 197 Å². The molecule has 2 N–H and O–H groups in total. The number of hydrogen-bond acceptors (Lipinski definition) is 8. The number of ether oxygens (including phenoxy) is 1. The maximum absolute atomic E-state index is 13.2. The van der Waals surface area contributed by atoms with Gasteiger partial charge in [-0.25, -0.2) is 9.97 Å². The number of nitrogens with zero attached hydrogens (tertiary/aromatic N) is 3. The number of benzene rings is 2. The molecule has 166 valence electrons. The second-order valence-corrected chi connectivity index (χ2v) is 9.26. The Kier molecular flexibility index (Phi) is 5.84. The molecule has 10 heteroatoms. The smallest absolute Gasteiger partial charge is 0.293 e. The van der Waals surface area contributed by atoms with Gasteiger partial charge < -0.3 is 9.15 Å². The summed E-state index contributed by atoms with van der Waals surface area (Å²) in [6, 6.07) is 15.3. The number of aromatic amines is 1. The number of aromatic nitrogens is 4. The van der Waals surface area contributed by atoms with Gasteiger partial charge in [0, 0.05) is 27.1 Å². The number of thiazole rings is 1. The van der Waals surface area contributed by atoms with Crippen molar-refractivity contribution >= 4 is 45.1 Å². The van der Waals surface area contributed by atoms with Crippen LogP contribution in [0.4, 0.5) is 5.13 Å². The van der Waals surface area contributed by atoms with Gasteiger partial charge in [0.25, 0.3) is 5.91 Å². The van der Waals surface area contributed by atoms with E-state index in [1.54, 1.807) is 7.11 Å². The number of anilines is 1. The third kappa shape index (κ3) is 4.35. The molecule has 0 saturated carbocycles. The molecule has 2 aromatic carbocycles. The maximum Gasteiger partial charge on any atom is 0.293 e. The maximum atomic E-state index is 13.2. The van der Waals surface area contributed by atoms with E-state index in [0.29, 0.717) is 21.6 Å². The fourth-order valence-electron chi connectivity index (χ4n) is 3.45. The number of aryl methyl sites for hydroxylation is 1. The predicted molar refractivity (Wildman–Crippen MR) is 129 cm³/mol. The van der Waals surface area contributed by atoms with E-state index in [0.717, 1.165) is 32.8 Å². The molecule has 5 rings (SSSR count). The quantitative estimate of drug-likeness (QED) is 0.297. The molecule has 0 spiro atoms. The van der Waals surface area contributed by atoms with Crippen LogP contribution in [0.25, 0.3) is 22.2 Å². The number of para-hydroxylation sites is 1. The van der Waals surface area contributed by atoms with Gasteiger partial charge in [-0.3, -0.25) is 15.2 Å². The van der Waals surface area contributed by atoms with Crippen LogP contribution < -0.4 is 10.1 Å². The summed E-state index contributed by atoms with van der Waals surface area (Å²) in [5, 5.41) is 11.7. The predicted octanol–water partition coefficient (Wildman–Crippen LogP) is 5.54. The minimum atomic E-state index is -0.339. The first kappa shape index (κ1) is 21.2. The van der Waals surface area contributed by atoms with Crippen LogP contribution in [0.5, 0.6) is 5.75 Å². The van der Waals surface area contributed by atoms with Gasteiger partial charge in [0.05, 0.1) is 12.8 Å². The number of fused-ring (bicyclic) bond motifs is 1. The molecule has 5 aromatic rings. The highest BCUT2D eigenvalue weighted by atomic mass is 32.2. The highest BCUT2D eigenvalue weighted by Gasteiger charge is 2.22. The lowest BCUT2D eigenvalue weighted by Gasteiger charge is -2.03. The van der Waals surface area contributed by atoms with Crippen LogP contribution in [0.2, 0.25) is 0 Å². The molecule has 1 amide bonds. The first-order valence-electron chi connectivity index (χ1n) is 10.0. The molecule has 33 heavy (non-hydrogen) atoms. The highest BCUT2D eigenvalue weighted by molar-refractivity contribution is 7.98. The molecule has 0 atom stereocenters. The number of thioether (sulfide) groups is 1. The van der Waals surface area contributed by atoms with E-state index in [9.17, 15) is 4.79 Å². The minimum Gasteiger partial charge on any atom is -0.497 e. The van der Waals surface area contributed by atoms with Crippen LogP contribution in [0.3, 0.4) is 0 Å². The Morgan fingerprint density at radius 3 is 2.79 bits per heavy atom. The van der Waals surface area contributed by atoms with E-state index in [-0.39, 0.29) is 11.7 Å². The van der Waals surface area contributed by atoms with Gasteiger partial charge in [-0.1, -0.05) is 30.0 Å². The summed E-state index contributed by atoms with van der Waals surface area (Å²) in [7, 11) is 1.63. The van der Waals surface area contributed by atoms with Crippen molar-refractivity contribution in [1.82, 2.24) is 20.2 Å². The second kappa shape index (κ2) is 9.08. The fourth-order valence-corrected chi connectivity index (χ4v) is 5.09. The lowest BCUT2D eigenvalue weighted by atomic mass is 10.1. The van der Waals surface area contributed by atoms with Crippen molar-refractivity contribution in [3.05, 3.63) is 71.1 Å². The van der Waals surface area contributed by atoms with E-state index in [1.165, 1.54) is 29.4 Å². The van der Waals surface area contributed by atoms with E-state index < -0.39 is 0 Å². The van der Waals surface area contributed by atoms with Gasteiger partial charge in [-0.05, 0) is 37.3 Å². The molecule has 0 unspecified atom stereocenters. The Bertz CT molecular complexity index is 1410. The summed E-state index contributed by atoms with van der Waals surface area (Å²) in [5.41, 5.74) is 3.24. The van der Waals surface area contributed by atoms with Crippen molar-refractivity contribution in [1.29, 1.82) is 0 Å². The Morgan fingerprint density at radius 2 is 2.03 bits per heavy atom. The van der Waals surface area contributed by atoms with Crippen molar-refractivity contribution in [2.24, 2.45) is 0 Å². The number of carbonyl (C=O) groups is 1. The van der Waals surface area contributed by atoms with Gasteiger partial charge >= 0.3 is 0 Å². The number of H-pyrrole nitrogens is 1. The molecule has 0 aliphatic rings. The van der Waals surface area contributed by atoms with Crippen molar-refractivity contribution in [3.63, 3.8) is 0 Å². The molecule has 0 fully saturated rings. The number of methoxy groups -OCH3 is 1. The van der Waals surface area contributed by atoms with Crippen LogP contribution >= 0.6 is 23.1 Å². The molecule has 3 heterocycles.